The van der Waals surface area contributed by atoms with Crippen molar-refractivity contribution in [2.45, 2.75) is 26.2 Å². The smallest absolute Gasteiger partial charge is 0.416 e. The van der Waals surface area contributed by atoms with E-state index < -0.39 is 23.7 Å². The number of benzene rings is 2. The van der Waals surface area contributed by atoms with Gasteiger partial charge in [-0.05, 0) is 42.3 Å². The van der Waals surface area contributed by atoms with Gasteiger partial charge in [-0.25, -0.2) is 9.18 Å². The molecule has 2 aromatic carbocycles. The Hall–Kier alpha value is -2.97. The highest BCUT2D eigenvalue weighted by Gasteiger charge is 2.32. The van der Waals surface area contributed by atoms with E-state index in [9.17, 15) is 22.4 Å². The number of anilines is 3. The molecule has 0 spiro atoms. The minimum absolute atomic E-state index is 0.0609. The van der Waals surface area contributed by atoms with Crippen molar-refractivity contribution in [1.82, 2.24) is 0 Å². The molecule has 1 amide bonds. The van der Waals surface area contributed by atoms with Gasteiger partial charge < -0.3 is 15.4 Å². The normalized spacial score (nSPS) is 13.4. The lowest BCUT2D eigenvalue weighted by Crippen LogP contribution is -2.19. The van der Waals surface area contributed by atoms with E-state index in [4.69, 9.17) is 10.5 Å². The summed E-state index contributed by atoms with van der Waals surface area (Å²) in [4.78, 5) is 13.1. The maximum absolute atomic E-state index is 14.7. The molecule has 1 heterocycles. The van der Waals surface area contributed by atoms with Crippen LogP contribution in [0.25, 0.3) is 0 Å². The third-order valence-electron chi connectivity index (χ3n) is 4.27. The van der Waals surface area contributed by atoms with Crippen molar-refractivity contribution < 1.29 is 27.1 Å². The van der Waals surface area contributed by atoms with Gasteiger partial charge in [0.1, 0.15) is 0 Å². The van der Waals surface area contributed by atoms with E-state index in [1.165, 1.54) is 18.2 Å². The molecule has 9 heteroatoms. The van der Waals surface area contributed by atoms with Crippen molar-refractivity contribution in [3.05, 3.63) is 52.8 Å². The van der Waals surface area contributed by atoms with E-state index in [-0.39, 0.29) is 36.8 Å². The van der Waals surface area contributed by atoms with E-state index in [1.807, 2.05) is 0 Å². The van der Waals surface area contributed by atoms with Crippen LogP contribution >= 0.6 is 0 Å². The minimum Gasteiger partial charge on any atom is -0.450 e. The molecule has 0 radical (unpaired) electrons. The number of hydrogen-bond acceptors (Lipinski definition) is 4. The molecule has 0 aromatic heterocycles. The summed E-state index contributed by atoms with van der Waals surface area (Å²) in [7, 11) is 0. The number of fused-ring (bicyclic) bond motifs is 1. The lowest BCUT2D eigenvalue weighted by Gasteiger charge is -2.20. The lowest BCUT2D eigenvalue weighted by molar-refractivity contribution is -0.137. The number of amides is 1. The van der Waals surface area contributed by atoms with E-state index in [0.29, 0.717) is 11.1 Å². The first-order chi connectivity index (χ1) is 12.7. The highest BCUT2D eigenvalue weighted by molar-refractivity contribution is 5.90. The van der Waals surface area contributed by atoms with Crippen LogP contribution in [0, 0.1) is 5.82 Å². The summed E-state index contributed by atoms with van der Waals surface area (Å²) in [6.45, 7) is 2.16. The third-order valence-corrected chi connectivity index (χ3v) is 4.27. The van der Waals surface area contributed by atoms with Crippen molar-refractivity contribution >= 4 is 23.2 Å². The molecule has 0 aliphatic carbocycles. The largest absolute Gasteiger partial charge is 0.450 e. The molecular weight excluding hydrogens is 366 g/mol. The molecule has 0 saturated heterocycles. The molecule has 5 nitrogen and oxygen atoms in total. The zero-order chi connectivity index (χ0) is 19.8. The van der Waals surface area contributed by atoms with Crippen LogP contribution in [0.1, 0.15) is 23.6 Å². The van der Waals surface area contributed by atoms with Crippen molar-refractivity contribution in [3.8, 4) is 0 Å². The summed E-state index contributed by atoms with van der Waals surface area (Å²) in [5.41, 5.74) is 6.13. The lowest BCUT2D eigenvalue weighted by atomic mass is 10.1. The molecule has 0 saturated carbocycles. The van der Waals surface area contributed by atoms with Crippen molar-refractivity contribution in [2.75, 3.05) is 22.6 Å². The highest BCUT2D eigenvalue weighted by atomic mass is 19.4. The zero-order valence-electron chi connectivity index (χ0n) is 14.4. The number of carbonyl (C=O) groups is 1. The summed E-state index contributed by atoms with van der Waals surface area (Å²) in [6.07, 6.45) is -5.19. The molecule has 0 fully saturated rings. The number of hydrogen-bond donors (Lipinski definition) is 2. The Bertz CT molecular complexity index is 884. The number of ether oxygens (including phenoxy) is 1. The molecular formula is C18H17F4N3O2. The molecule has 144 valence electrons. The topological polar surface area (TPSA) is 67.6 Å². The van der Waals surface area contributed by atoms with Crippen LogP contribution < -0.4 is 16.0 Å². The average Bonchev–Trinajstić information content (AvgIpc) is 3.01. The standard InChI is InChI=1S/C18H17F4N3O2/c1-2-27-17(26)24-13-5-6-14(15(19)16(13)23)25-8-10-3-4-12(18(20,21)22)7-11(10)9-25/h3-7H,2,8-9,23H2,1H3,(H,24,26). The molecule has 0 bridgehead atoms. The van der Waals surface area contributed by atoms with Gasteiger partial charge in [-0.15, -0.1) is 0 Å². The first kappa shape index (κ1) is 18.8. The number of nitrogens with zero attached hydrogens (tertiary/aromatic N) is 1. The maximum Gasteiger partial charge on any atom is 0.416 e. The minimum atomic E-state index is -4.43. The molecule has 1 aliphatic heterocycles. The number of rotatable bonds is 3. The Labute approximate surface area is 152 Å². The van der Waals surface area contributed by atoms with Gasteiger partial charge in [0.2, 0.25) is 0 Å². The Morgan fingerprint density at radius 3 is 2.59 bits per heavy atom. The number of nitrogen functional groups attached to an aromatic ring is 1. The van der Waals surface area contributed by atoms with Crippen LogP contribution in [0.15, 0.2) is 30.3 Å². The van der Waals surface area contributed by atoms with E-state index in [1.54, 1.807) is 11.8 Å². The fraction of sp³-hybridized carbons (Fsp3) is 0.278. The van der Waals surface area contributed by atoms with E-state index in [2.05, 4.69) is 5.32 Å². The Morgan fingerprint density at radius 1 is 1.22 bits per heavy atom. The first-order valence-corrected chi connectivity index (χ1v) is 8.16. The van der Waals surface area contributed by atoms with Crippen molar-refractivity contribution in [3.63, 3.8) is 0 Å². The first-order valence-electron chi connectivity index (χ1n) is 8.16. The van der Waals surface area contributed by atoms with Gasteiger partial charge >= 0.3 is 12.3 Å². The summed E-state index contributed by atoms with van der Waals surface area (Å²) >= 11 is 0. The van der Waals surface area contributed by atoms with Crippen LogP contribution in [0.3, 0.4) is 0 Å². The quantitative estimate of drug-likeness (QED) is 0.604. The fourth-order valence-electron chi connectivity index (χ4n) is 2.95. The average molecular weight is 383 g/mol. The molecule has 3 rings (SSSR count). The summed E-state index contributed by atoms with van der Waals surface area (Å²) in [5.74, 6) is -0.756. The van der Waals surface area contributed by atoms with Crippen molar-refractivity contribution in [1.29, 1.82) is 0 Å². The van der Waals surface area contributed by atoms with Crippen LogP contribution in [-0.4, -0.2) is 12.7 Å². The second-order valence-corrected chi connectivity index (χ2v) is 6.04. The third kappa shape index (κ3) is 3.76. The van der Waals surface area contributed by atoms with Gasteiger partial charge in [0.05, 0.1) is 29.2 Å². The highest BCUT2D eigenvalue weighted by Crippen LogP contribution is 2.37. The number of nitrogens with two attached hydrogens (primary N) is 1. The second-order valence-electron chi connectivity index (χ2n) is 6.04. The van der Waals surface area contributed by atoms with Gasteiger partial charge in [-0.3, -0.25) is 5.32 Å². The Kier molecular flexibility index (Phi) is 4.86. The van der Waals surface area contributed by atoms with Gasteiger partial charge in [0, 0.05) is 13.1 Å². The summed E-state index contributed by atoms with van der Waals surface area (Å²) < 4.78 is 58.0. The number of alkyl halides is 3. The molecule has 27 heavy (non-hydrogen) atoms. The zero-order valence-corrected chi connectivity index (χ0v) is 14.4. The van der Waals surface area contributed by atoms with Crippen LogP contribution in [0.4, 0.5) is 39.4 Å². The molecule has 3 N–H and O–H groups in total. The molecule has 2 aromatic rings. The summed E-state index contributed by atoms with van der Waals surface area (Å²) in [5, 5.41) is 2.34. The second kappa shape index (κ2) is 6.98. The number of carbonyl (C=O) groups excluding carboxylic acids is 1. The SMILES string of the molecule is CCOC(=O)Nc1ccc(N2Cc3ccc(C(F)(F)F)cc3C2)c(F)c1N. The van der Waals surface area contributed by atoms with Gasteiger partial charge in [0.25, 0.3) is 0 Å². The van der Waals surface area contributed by atoms with Gasteiger partial charge in [-0.2, -0.15) is 13.2 Å². The fourth-order valence-corrected chi connectivity index (χ4v) is 2.95. The van der Waals surface area contributed by atoms with E-state index in [0.717, 1.165) is 12.1 Å². The Balaban J connectivity index is 1.83. The van der Waals surface area contributed by atoms with Gasteiger partial charge in [0.15, 0.2) is 5.82 Å². The summed E-state index contributed by atoms with van der Waals surface area (Å²) in [6, 6.07) is 6.33. The van der Waals surface area contributed by atoms with Crippen LogP contribution in [0.2, 0.25) is 0 Å². The van der Waals surface area contributed by atoms with E-state index >= 15 is 0 Å². The predicted octanol–water partition coefficient (Wildman–Crippen LogP) is 4.52. The maximum atomic E-state index is 14.7. The Morgan fingerprint density at radius 2 is 1.93 bits per heavy atom. The monoisotopic (exact) mass is 383 g/mol. The molecule has 0 unspecified atom stereocenters. The predicted molar refractivity (Wildman–Crippen MR) is 92.8 cm³/mol. The number of halogens is 4. The molecule has 0 atom stereocenters. The van der Waals surface area contributed by atoms with Crippen molar-refractivity contribution in [2.24, 2.45) is 0 Å². The van der Waals surface area contributed by atoms with Gasteiger partial charge in [-0.1, -0.05) is 6.07 Å². The van der Waals surface area contributed by atoms with Crippen LogP contribution in [0.5, 0.6) is 0 Å². The van der Waals surface area contributed by atoms with Crippen LogP contribution in [-0.2, 0) is 24.0 Å². The molecule has 1 aliphatic rings. The number of nitrogens with one attached hydrogen (secondary N) is 1.